The van der Waals surface area contributed by atoms with Crippen molar-refractivity contribution in [3.8, 4) is 5.75 Å². The van der Waals surface area contributed by atoms with Crippen molar-refractivity contribution in [1.82, 2.24) is 0 Å². The Hall–Kier alpha value is -2.28. The summed E-state index contributed by atoms with van der Waals surface area (Å²) in [5.41, 5.74) is 12.7. The van der Waals surface area contributed by atoms with E-state index < -0.39 is 5.66 Å². The number of para-hydroxylation sites is 2. The zero-order valence-corrected chi connectivity index (χ0v) is 13.6. The van der Waals surface area contributed by atoms with Gasteiger partial charge in [-0.05, 0) is 37.8 Å². The van der Waals surface area contributed by atoms with Gasteiger partial charge in [-0.3, -0.25) is 4.90 Å². The topological polar surface area (TPSA) is 98.5 Å². The summed E-state index contributed by atoms with van der Waals surface area (Å²) in [6.07, 6.45) is 5.31. The maximum absolute atomic E-state index is 6.29. The summed E-state index contributed by atoms with van der Waals surface area (Å²) < 4.78 is 11.3. The molecule has 4 N–H and O–H groups in total. The van der Waals surface area contributed by atoms with Gasteiger partial charge in [0.1, 0.15) is 17.5 Å². The zero-order valence-electron chi connectivity index (χ0n) is 13.6. The van der Waals surface area contributed by atoms with Gasteiger partial charge in [0.25, 0.3) is 0 Å². The van der Waals surface area contributed by atoms with Crippen LogP contribution < -0.4 is 21.1 Å². The molecule has 24 heavy (non-hydrogen) atoms. The zero-order chi connectivity index (χ0) is 16.6. The van der Waals surface area contributed by atoms with E-state index in [9.17, 15) is 0 Å². The largest absolute Gasteiger partial charge is 0.483 e. The molecule has 4 rings (SSSR count). The van der Waals surface area contributed by atoms with Crippen molar-refractivity contribution in [1.29, 1.82) is 0 Å². The first kappa shape index (κ1) is 15.3. The van der Waals surface area contributed by atoms with Crippen LogP contribution in [0.2, 0.25) is 0 Å². The Morgan fingerprint density at radius 3 is 2.58 bits per heavy atom. The lowest BCUT2D eigenvalue weighted by atomic mass is 9.87. The minimum atomic E-state index is -0.455. The summed E-state index contributed by atoms with van der Waals surface area (Å²) in [5, 5.41) is 0. The summed E-state index contributed by atoms with van der Waals surface area (Å²) in [7, 11) is 0. The first-order valence-corrected chi connectivity index (χ1v) is 8.51. The van der Waals surface area contributed by atoms with E-state index in [-0.39, 0.29) is 12.1 Å². The summed E-state index contributed by atoms with van der Waals surface area (Å²) in [6.45, 7) is 1.24. The molecule has 7 nitrogen and oxygen atoms in total. The number of rotatable bonds is 3. The van der Waals surface area contributed by atoms with Crippen molar-refractivity contribution >= 4 is 17.6 Å². The molecule has 2 aliphatic heterocycles. The van der Waals surface area contributed by atoms with E-state index in [2.05, 4.69) is 4.99 Å². The standard InChI is InChI=1S/C17H23N5O2/c18-15-20-16(19)22(17(21-15)8-4-1-5-9-17)13-6-2-3-7-14(13)24-12-10-23-11-12/h2-3,6-7,12H,1,4-5,8-11H2,(H4,18,19,20,21). The highest BCUT2D eigenvalue weighted by atomic mass is 16.6. The fourth-order valence-corrected chi connectivity index (χ4v) is 3.67. The number of anilines is 1. The number of nitrogens with two attached hydrogens (primary N) is 2. The van der Waals surface area contributed by atoms with Crippen molar-refractivity contribution in [2.24, 2.45) is 21.5 Å². The molecule has 1 saturated carbocycles. The molecule has 1 aliphatic carbocycles. The average Bonchev–Trinajstić information content (AvgIpc) is 2.52. The normalized spacial score (nSPS) is 23.4. The van der Waals surface area contributed by atoms with Gasteiger partial charge >= 0.3 is 0 Å². The number of hydrogen-bond donors (Lipinski definition) is 2. The molecular formula is C17H23N5O2. The maximum atomic E-state index is 6.29. The van der Waals surface area contributed by atoms with Gasteiger partial charge in [-0.25, -0.2) is 4.99 Å². The Bertz CT molecular complexity index is 677. The van der Waals surface area contributed by atoms with Gasteiger partial charge < -0.3 is 20.9 Å². The molecule has 0 atom stereocenters. The Morgan fingerprint density at radius 1 is 1.12 bits per heavy atom. The highest BCUT2D eigenvalue weighted by Crippen LogP contribution is 2.42. The molecule has 1 spiro atoms. The van der Waals surface area contributed by atoms with Gasteiger partial charge in [-0.1, -0.05) is 18.6 Å². The smallest absolute Gasteiger partial charge is 0.220 e. The lowest BCUT2D eigenvalue weighted by Crippen LogP contribution is -2.58. The molecule has 0 bridgehead atoms. The second-order valence-electron chi connectivity index (χ2n) is 6.56. The number of aliphatic imine (C=N–C) groups is 2. The molecular weight excluding hydrogens is 306 g/mol. The Balaban J connectivity index is 1.74. The van der Waals surface area contributed by atoms with Crippen LogP contribution >= 0.6 is 0 Å². The van der Waals surface area contributed by atoms with Crippen LogP contribution in [0, 0.1) is 0 Å². The molecule has 1 saturated heterocycles. The molecule has 128 valence electrons. The fourth-order valence-electron chi connectivity index (χ4n) is 3.67. The van der Waals surface area contributed by atoms with Gasteiger partial charge in [0, 0.05) is 0 Å². The van der Waals surface area contributed by atoms with Crippen LogP contribution in [0.1, 0.15) is 32.1 Å². The SMILES string of the molecule is NC1=NC2(CCCCC2)N(c2ccccc2OC2COC2)C(N)=N1. The first-order valence-electron chi connectivity index (χ1n) is 8.51. The molecule has 7 heteroatoms. The van der Waals surface area contributed by atoms with Gasteiger partial charge in [0.2, 0.25) is 11.9 Å². The van der Waals surface area contributed by atoms with E-state index in [1.807, 2.05) is 29.2 Å². The minimum absolute atomic E-state index is 0.0879. The van der Waals surface area contributed by atoms with Crippen molar-refractivity contribution < 1.29 is 9.47 Å². The Kier molecular flexibility index (Phi) is 3.80. The predicted molar refractivity (Wildman–Crippen MR) is 93.2 cm³/mol. The van der Waals surface area contributed by atoms with Crippen LogP contribution in [0.15, 0.2) is 34.3 Å². The van der Waals surface area contributed by atoms with Crippen molar-refractivity contribution in [2.45, 2.75) is 43.9 Å². The van der Waals surface area contributed by atoms with Crippen molar-refractivity contribution in [3.63, 3.8) is 0 Å². The number of hydrogen-bond acceptors (Lipinski definition) is 7. The lowest BCUT2D eigenvalue weighted by Gasteiger charge is -2.46. The molecule has 1 aromatic rings. The first-order chi connectivity index (χ1) is 11.7. The molecule has 0 radical (unpaired) electrons. The quantitative estimate of drug-likeness (QED) is 0.877. The fraction of sp³-hybridized carbons (Fsp3) is 0.529. The maximum Gasteiger partial charge on any atom is 0.220 e. The van der Waals surface area contributed by atoms with E-state index in [0.29, 0.717) is 19.2 Å². The number of benzene rings is 1. The molecule has 3 aliphatic rings. The number of guanidine groups is 2. The van der Waals surface area contributed by atoms with Crippen LogP contribution in [0.3, 0.4) is 0 Å². The van der Waals surface area contributed by atoms with Crippen LogP contribution in [0.4, 0.5) is 5.69 Å². The molecule has 0 amide bonds. The van der Waals surface area contributed by atoms with Crippen molar-refractivity contribution in [3.05, 3.63) is 24.3 Å². The Labute approximate surface area is 141 Å². The van der Waals surface area contributed by atoms with E-state index in [4.69, 9.17) is 25.9 Å². The second kappa shape index (κ2) is 5.98. The highest BCUT2D eigenvalue weighted by Gasteiger charge is 2.43. The van der Waals surface area contributed by atoms with E-state index in [1.54, 1.807) is 0 Å². The third kappa shape index (κ3) is 2.58. The molecule has 0 aromatic heterocycles. The lowest BCUT2D eigenvalue weighted by molar-refractivity contribution is -0.0795. The van der Waals surface area contributed by atoms with Gasteiger partial charge in [0.05, 0.1) is 18.9 Å². The van der Waals surface area contributed by atoms with Crippen LogP contribution in [-0.4, -0.2) is 36.9 Å². The highest BCUT2D eigenvalue weighted by molar-refractivity contribution is 6.06. The molecule has 2 fully saturated rings. The molecule has 2 heterocycles. The van der Waals surface area contributed by atoms with Crippen LogP contribution in [0.5, 0.6) is 5.75 Å². The van der Waals surface area contributed by atoms with Crippen LogP contribution in [-0.2, 0) is 4.74 Å². The minimum Gasteiger partial charge on any atom is -0.483 e. The van der Waals surface area contributed by atoms with Crippen molar-refractivity contribution in [2.75, 3.05) is 18.1 Å². The Morgan fingerprint density at radius 2 is 1.88 bits per heavy atom. The summed E-state index contributed by atoms with van der Waals surface area (Å²) in [5.74, 6) is 1.42. The second-order valence-corrected chi connectivity index (χ2v) is 6.56. The summed E-state index contributed by atoms with van der Waals surface area (Å²) in [4.78, 5) is 10.9. The molecule has 1 aromatic carbocycles. The van der Waals surface area contributed by atoms with Gasteiger partial charge in [-0.2, -0.15) is 4.99 Å². The average molecular weight is 329 g/mol. The van der Waals surface area contributed by atoms with E-state index in [1.165, 1.54) is 6.42 Å². The van der Waals surface area contributed by atoms with E-state index in [0.717, 1.165) is 37.1 Å². The molecule has 0 unspecified atom stereocenters. The monoisotopic (exact) mass is 329 g/mol. The van der Waals surface area contributed by atoms with E-state index >= 15 is 0 Å². The third-order valence-corrected chi connectivity index (χ3v) is 4.86. The summed E-state index contributed by atoms with van der Waals surface area (Å²) >= 11 is 0. The predicted octanol–water partition coefficient (Wildman–Crippen LogP) is 1.57. The summed E-state index contributed by atoms with van der Waals surface area (Å²) in [6, 6.07) is 7.90. The van der Waals surface area contributed by atoms with Crippen LogP contribution in [0.25, 0.3) is 0 Å². The third-order valence-electron chi connectivity index (χ3n) is 4.86. The van der Waals surface area contributed by atoms with Gasteiger partial charge in [0.15, 0.2) is 0 Å². The van der Waals surface area contributed by atoms with Gasteiger partial charge in [-0.15, -0.1) is 0 Å². The number of nitrogens with zero attached hydrogens (tertiary/aromatic N) is 3. The number of ether oxygens (including phenoxy) is 2.